The summed E-state index contributed by atoms with van der Waals surface area (Å²) in [6.45, 7) is 5.63. The van der Waals surface area contributed by atoms with E-state index < -0.39 is 0 Å². The molecule has 3 unspecified atom stereocenters. The molecule has 2 aliphatic rings. The van der Waals surface area contributed by atoms with Crippen LogP contribution in [0.2, 0.25) is 0 Å². The van der Waals surface area contributed by atoms with Crippen LogP contribution in [0.1, 0.15) is 39.0 Å². The van der Waals surface area contributed by atoms with Crippen molar-refractivity contribution in [3.63, 3.8) is 0 Å². The fourth-order valence-electron chi connectivity index (χ4n) is 2.77. The van der Waals surface area contributed by atoms with Crippen molar-refractivity contribution in [3.8, 4) is 0 Å². The van der Waals surface area contributed by atoms with Crippen LogP contribution < -0.4 is 5.32 Å². The SMILES string of the molecule is CC(CC1CCCCN1)C1CCOC1. The number of hydrogen-bond acceptors (Lipinski definition) is 2. The van der Waals surface area contributed by atoms with E-state index in [0.29, 0.717) is 0 Å². The van der Waals surface area contributed by atoms with Crippen LogP contribution in [0.4, 0.5) is 0 Å². The van der Waals surface area contributed by atoms with Crippen molar-refractivity contribution in [2.45, 2.75) is 45.1 Å². The molecule has 2 saturated heterocycles. The van der Waals surface area contributed by atoms with Gasteiger partial charge in [0.15, 0.2) is 0 Å². The molecule has 2 aliphatic heterocycles. The van der Waals surface area contributed by atoms with Gasteiger partial charge in [0.1, 0.15) is 0 Å². The third kappa shape index (κ3) is 2.71. The average molecular weight is 197 g/mol. The first-order valence-electron chi connectivity index (χ1n) is 6.17. The van der Waals surface area contributed by atoms with Gasteiger partial charge in [-0.25, -0.2) is 0 Å². The topological polar surface area (TPSA) is 21.3 Å². The van der Waals surface area contributed by atoms with Crippen LogP contribution in [0.5, 0.6) is 0 Å². The molecule has 2 rings (SSSR count). The molecule has 3 atom stereocenters. The summed E-state index contributed by atoms with van der Waals surface area (Å²) in [7, 11) is 0. The van der Waals surface area contributed by atoms with E-state index in [1.165, 1.54) is 38.6 Å². The van der Waals surface area contributed by atoms with Gasteiger partial charge in [0.2, 0.25) is 0 Å². The maximum Gasteiger partial charge on any atom is 0.0497 e. The zero-order chi connectivity index (χ0) is 9.80. The Kier molecular flexibility index (Phi) is 3.82. The number of hydrogen-bond donors (Lipinski definition) is 1. The van der Waals surface area contributed by atoms with E-state index in [9.17, 15) is 0 Å². The first-order chi connectivity index (χ1) is 6.86. The highest BCUT2D eigenvalue weighted by atomic mass is 16.5. The maximum atomic E-state index is 5.45. The van der Waals surface area contributed by atoms with E-state index in [2.05, 4.69) is 12.2 Å². The minimum absolute atomic E-state index is 0.791. The maximum absolute atomic E-state index is 5.45. The fourth-order valence-corrected chi connectivity index (χ4v) is 2.77. The molecule has 14 heavy (non-hydrogen) atoms. The molecule has 0 spiro atoms. The minimum Gasteiger partial charge on any atom is -0.381 e. The Morgan fingerprint density at radius 2 is 2.29 bits per heavy atom. The molecule has 0 radical (unpaired) electrons. The summed E-state index contributed by atoms with van der Waals surface area (Å²) in [5, 5.41) is 3.63. The van der Waals surface area contributed by atoms with Gasteiger partial charge < -0.3 is 10.1 Å². The van der Waals surface area contributed by atoms with Crippen LogP contribution in [0.25, 0.3) is 0 Å². The smallest absolute Gasteiger partial charge is 0.0497 e. The molecule has 2 fully saturated rings. The van der Waals surface area contributed by atoms with Crippen molar-refractivity contribution in [1.29, 1.82) is 0 Å². The van der Waals surface area contributed by atoms with E-state index >= 15 is 0 Å². The summed E-state index contributed by atoms with van der Waals surface area (Å²) in [5.74, 6) is 1.67. The molecular formula is C12H23NO. The first-order valence-corrected chi connectivity index (χ1v) is 6.17. The van der Waals surface area contributed by atoms with Crippen LogP contribution in [0, 0.1) is 11.8 Å². The van der Waals surface area contributed by atoms with Crippen molar-refractivity contribution in [2.75, 3.05) is 19.8 Å². The third-order valence-corrected chi connectivity index (χ3v) is 3.84. The van der Waals surface area contributed by atoms with Gasteiger partial charge in [0.25, 0.3) is 0 Å². The number of nitrogens with one attached hydrogen (secondary N) is 1. The van der Waals surface area contributed by atoms with E-state index in [4.69, 9.17) is 4.74 Å². The summed E-state index contributed by atoms with van der Waals surface area (Å²) >= 11 is 0. The number of piperidine rings is 1. The molecule has 0 aromatic heterocycles. The van der Waals surface area contributed by atoms with Crippen molar-refractivity contribution < 1.29 is 4.74 Å². The van der Waals surface area contributed by atoms with Crippen molar-refractivity contribution >= 4 is 0 Å². The lowest BCUT2D eigenvalue weighted by Crippen LogP contribution is -2.36. The fraction of sp³-hybridized carbons (Fsp3) is 1.00. The average Bonchev–Trinajstić information content (AvgIpc) is 2.72. The predicted octanol–water partition coefficient (Wildman–Crippen LogP) is 2.19. The van der Waals surface area contributed by atoms with E-state index in [0.717, 1.165) is 31.1 Å². The lowest BCUT2D eigenvalue weighted by atomic mass is 9.86. The van der Waals surface area contributed by atoms with Gasteiger partial charge in [-0.05, 0) is 44.1 Å². The van der Waals surface area contributed by atoms with Gasteiger partial charge in [-0.2, -0.15) is 0 Å². The molecule has 1 N–H and O–H groups in total. The molecule has 0 aromatic carbocycles. The van der Waals surface area contributed by atoms with Gasteiger partial charge in [0.05, 0.1) is 0 Å². The van der Waals surface area contributed by atoms with Gasteiger partial charge in [-0.15, -0.1) is 0 Å². The van der Waals surface area contributed by atoms with E-state index in [1.807, 2.05) is 0 Å². The summed E-state index contributed by atoms with van der Waals surface area (Å²) < 4.78 is 5.45. The highest BCUT2D eigenvalue weighted by Gasteiger charge is 2.25. The highest BCUT2D eigenvalue weighted by molar-refractivity contribution is 4.78. The molecule has 0 saturated carbocycles. The van der Waals surface area contributed by atoms with Crippen LogP contribution in [-0.2, 0) is 4.74 Å². The normalized spacial score (nSPS) is 35.8. The van der Waals surface area contributed by atoms with Crippen LogP contribution in [-0.4, -0.2) is 25.8 Å². The zero-order valence-corrected chi connectivity index (χ0v) is 9.30. The van der Waals surface area contributed by atoms with Crippen molar-refractivity contribution in [3.05, 3.63) is 0 Å². The van der Waals surface area contributed by atoms with Gasteiger partial charge in [-0.1, -0.05) is 13.3 Å². The van der Waals surface area contributed by atoms with Crippen LogP contribution in [0.3, 0.4) is 0 Å². The first kappa shape index (κ1) is 10.4. The second kappa shape index (κ2) is 5.13. The molecule has 2 nitrogen and oxygen atoms in total. The predicted molar refractivity (Wildman–Crippen MR) is 58.3 cm³/mol. The Morgan fingerprint density at radius 1 is 1.36 bits per heavy atom. The standard InChI is InChI=1S/C12H23NO/c1-10(11-5-7-14-9-11)8-12-4-2-3-6-13-12/h10-13H,2-9H2,1H3. The second-order valence-corrected chi connectivity index (χ2v) is 4.98. The Morgan fingerprint density at radius 3 is 2.93 bits per heavy atom. The summed E-state index contributed by atoms with van der Waals surface area (Å²) in [4.78, 5) is 0. The monoisotopic (exact) mass is 197 g/mol. The van der Waals surface area contributed by atoms with Crippen molar-refractivity contribution in [2.24, 2.45) is 11.8 Å². The number of rotatable bonds is 3. The quantitative estimate of drug-likeness (QED) is 0.749. The molecule has 2 heterocycles. The Bertz CT molecular complexity index is 160. The van der Waals surface area contributed by atoms with Crippen LogP contribution in [0.15, 0.2) is 0 Å². The molecule has 0 aliphatic carbocycles. The molecule has 0 aromatic rings. The third-order valence-electron chi connectivity index (χ3n) is 3.84. The van der Waals surface area contributed by atoms with E-state index in [-0.39, 0.29) is 0 Å². The van der Waals surface area contributed by atoms with E-state index in [1.54, 1.807) is 0 Å². The van der Waals surface area contributed by atoms with Crippen molar-refractivity contribution in [1.82, 2.24) is 5.32 Å². The van der Waals surface area contributed by atoms with Crippen LogP contribution >= 0.6 is 0 Å². The Balaban J connectivity index is 1.72. The summed E-state index contributed by atoms with van der Waals surface area (Å²) in [5.41, 5.74) is 0. The highest BCUT2D eigenvalue weighted by Crippen LogP contribution is 2.27. The molecule has 2 heteroatoms. The van der Waals surface area contributed by atoms with Gasteiger partial charge in [-0.3, -0.25) is 0 Å². The summed E-state index contributed by atoms with van der Waals surface area (Å²) in [6, 6.07) is 0.791. The molecule has 82 valence electrons. The summed E-state index contributed by atoms with van der Waals surface area (Å²) in [6.07, 6.45) is 6.82. The van der Waals surface area contributed by atoms with Gasteiger partial charge in [0, 0.05) is 19.3 Å². The van der Waals surface area contributed by atoms with Gasteiger partial charge >= 0.3 is 0 Å². The molecule has 0 amide bonds. The molecule has 0 bridgehead atoms. The zero-order valence-electron chi connectivity index (χ0n) is 9.30. The second-order valence-electron chi connectivity index (χ2n) is 4.98. The number of ether oxygens (including phenoxy) is 1. The minimum atomic E-state index is 0.791. The largest absolute Gasteiger partial charge is 0.381 e. The Hall–Kier alpha value is -0.0800. The molecular weight excluding hydrogens is 174 g/mol. The Labute approximate surface area is 87.4 Å². The lowest BCUT2D eigenvalue weighted by Gasteiger charge is -2.28. The lowest BCUT2D eigenvalue weighted by molar-refractivity contribution is 0.168.